The van der Waals surface area contributed by atoms with E-state index < -0.39 is 21.5 Å². The van der Waals surface area contributed by atoms with Crippen LogP contribution in [0.2, 0.25) is 0 Å². The Kier molecular flexibility index (Phi) is 5.87. The molecule has 0 saturated carbocycles. The molecule has 0 radical (unpaired) electrons. The summed E-state index contributed by atoms with van der Waals surface area (Å²) in [6, 6.07) is 9.40. The SMILES string of the molecule is C[C@@](O)(CS(C)(=O)=O)[C@H]1CCCN(C(=O)OCc2ccccc2)C1. The zero-order valence-electron chi connectivity index (χ0n) is 14.1. The van der Waals surface area contributed by atoms with Crippen molar-refractivity contribution in [1.82, 2.24) is 4.90 Å². The van der Waals surface area contributed by atoms with Crippen molar-refractivity contribution in [3.63, 3.8) is 0 Å². The molecule has 1 saturated heterocycles. The fourth-order valence-corrected chi connectivity index (χ4v) is 4.41. The minimum absolute atomic E-state index is 0.195. The van der Waals surface area contributed by atoms with Crippen LogP contribution in [0.25, 0.3) is 0 Å². The minimum atomic E-state index is -3.30. The predicted molar refractivity (Wildman–Crippen MR) is 91.3 cm³/mol. The van der Waals surface area contributed by atoms with E-state index in [-0.39, 0.29) is 18.3 Å². The molecular formula is C17H25NO5S. The number of carbonyl (C=O) groups is 1. The molecule has 1 aromatic carbocycles. The van der Waals surface area contributed by atoms with Gasteiger partial charge >= 0.3 is 6.09 Å². The molecule has 0 aliphatic carbocycles. The Morgan fingerprint density at radius 2 is 2.04 bits per heavy atom. The summed E-state index contributed by atoms with van der Waals surface area (Å²) in [6.45, 7) is 2.58. The number of amides is 1. The number of likely N-dealkylation sites (tertiary alicyclic amines) is 1. The van der Waals surface area contributed by atoms with Crippen molar-refractivity contribution in [3.05, 3.63) is 35.9 Å². The lowest BCUT2D eigenvalue weighted by molar-refractivity contribution is -0.0158. The molecule has 1 aromatic rings. The second-order valence-electron chi connectivity index (χ2n) is 6.75. The molecule has 0 bridgehead atoms. The van der Waals surface area contributed by atoms with Gasteiger partial charge in [-0.1, -0.05) is 30.3 Å². The monoisotopic (exact) mass is 355 g/mol. The Bertz CT molecular complexity index is 657. The van der Waals surface area contributed by atoms with Crippen molar-refractivity contribution < 1.29 is 23.1 Å². The van der Waals surface area contributed by atoms with Crippen LogP contribution in [0.5, 0.6) is 0 Å². The summed E-state index contributed by atoms with van der Waals surface area (Å²) in [5.74, 6) is -0.595. The Morgan fingerprint density at radius 3 is 2.67 bits per heavy atom. The third-order valence-electron chi connectivity index (χ3n) is 4.32. The van der Waals surface area contributed by atoms with E-state index in [0.717, 1.165) is 11.8 Å². The molecule has 1 aliphatic rings. The van der Waals surface area contributed by atoms with Crippen LogP contribution in [0.4, 0.5) is 4.79 Å². The van der Waals surface area contributed by atoms with Crippen LogP contribution < -0.4 is 0 Å². The molecule has 0 spiro atoms. The highest BCUT2D eigenvalue weighted by Gasteiger charge is 2.39. The normalized spacial score (nSPS) is 21.1. The number of hydrogen-bond acceptors (Lipinski definition) is 5. The van der Waals surface area contributed by atoms with Crippen molar-refractivity contribution in [2.24, 2.45) is 5.92 Å². The van der Waals surface area contributed by atoms with E-state index in [1.165, 1.54) is 6.92 Å². The van der Waals surface area contributed by atoms with Gasteiger partial charge in [-0.2, -0.15) is 0 Å². The topological polar surface area (TPSA) is 83.9 Å². The third-order valence-corrected chi connectivity index (χ3v) is 5.43. The molecular weight excluding hydrogens is 330 g/mol. The van der Waals surface area contributed by atoms with Gasteiger partial charge < -0.3 is 14.7 Å². The highest BCUT2D eigenvalue weighted by atomic mass is 32.2. The van der Waals surface area contributed by atoms with Crippen molar-refractivity contribution >= 4 is 15.9 Å². The highest BCUT2D eigenvalue weighted by molar-refractivity contribution is 7.90. The van der Waals surface area contributed by atoms with E-state index >= 15 is 0 Å². The summed E-state index contributed by atoms with van der Waals surface area (Å²) >= 11 is 0. The number of aliphatic hydroxyl groups is 1. The number of rotatable bonds is 5. The van der Waals surface area contributed by atoms with Gasteiger partial charge in [0, 0.05) is 25.3 Å². The summed E-state index contributed by atoms with van der Waals surface area (Å²) in [6.07, 6.45) is 2.07. The number of sulfone groups is 1. The van der Waals surface area contributed by atoms with Gasteiger partial charge in [-0.25, -0.2) is 13.2 Å². The van der Waals surface area contributed by atoms with E-state index in [1.54, 1.807) is 4.90 Å². The molecule has 6 nitrogen and oxygen atoms in total. The number of nitrogens with zero attached hydrogens (tertiary/aromatic N) is 1. The molecule has 1 fully saturated rings. The Morgan fingerprint density at radius 1 is 1.38 bits per heavy atom. The Balaban J connectivity index is 1.93. The van der Waals surface area contributed by atoms with E-state index in [2.05, 4.69) is 0 Å². The van der Waals surface area contributed by atoms with Crippen LogP contribution in [0, 0.1) is 5.92 Å². The first kappa shape index (κ1) is 18.7. The molecule has 1 N–H and O–H groups in total. The van der Waals surface area contributed by atoms with Gasteiger partial charge in [0.05, 0.1) is 11.4 Å². The zero-order chi connectivity index (χ0) is 17.8. The second-order valence-corrected chi connectivity index (χ2v) is 8.89. The largest absolute Gasteiger partial charge is 0.445 e. The lowest BCUT2D eigenvalue weighted by atomic mass is 9.84. The number of ether oxygens (including phenoxy) is 1. The maximum atomic E-state index is 12.2. The molecule has 1 amide bonds. The van der Waals surface area contributed by atoms with Crippen molar-refractivity contribution in [3.8, 4) is 0 Å². The lowest BCUT2D eigenvalue weighted by Crippen LogP contribution is -2.51. The van der Waals surface area contributed by atoms with Crippen molar-refractivity contribution in [2.45, 2.75) is 32.0 Å². The van der Waals surface area contributed by atoms with Gasteiger partial charge in [0.1, 0.15) is 16.4 Å². The van der Waals surface area contributed by atoms with Crippen LogP contribution in [0.3, 0.4) is 0 Å². The van der Waals surface area contributed by atoms with Crippen LogP contribution >= 0.6 is 0 Å². The molecule has 1 heterocycles. The van der Waals surface area contributed by atoms with Gasteiger partial charge in [-0.05, 0) is 25.3 Å². The number of carbonyl (C=O) groups excluding carboxylic acids is 1. The first-order chi connectivity index (χ1) is 11.2. The maximum absolute atomic E-state index is 12.2. The van der Waals surface area contributed by atoms with Gasteiger partial charge in [0.25, 0.3) is 0 Å². The quantitative estimate of drug-likeness (QED) is 0.871. The maximum Gasteiger partial charge on any atom is 0.410 e. The molecule has 2 atom stereocenters. The molecule has 0 unspecified atom stereocenters. The molecule has 2 rings (SSSR count). The van der Waals surface area contributed by atoms with Crippen molar-refractivity contribution in [2.75, 3.05) is 25.1 Å². The molecule has 1 aliphatic heterocycles. The Hall–Kier alpha value is -1.60. The number of piperidine rings is 1. The summed E-state index contributed by atoms with van der Waals surface area (Å²) in [7, 11) is -3.30. The van der Waals surface area contributed by atoms with Gasteiger partial charge in [0.2, 0.25) is 0 Å². The smallest absolute Gasteiger partial charge is 0.410 e. The van der Waals surface area contributed by atoms with Crippen molar-refractivity contribution in [1.29, 1.82) is 0 Å². The second kappa shape index (κ2) is 7.53. The number of benzene rings is 1. The standard InChI is InChI=1S/C17H25NO5S/c1-17(20,13-24(2,21)22)15-9-6-10-18(11-15)16(19)23-12-14-7-4-3-5-8-14/h3-5,7-8,15,20H,6,9-13H2,1-2H3/t15-,17+/m0/s1. The molecule has 7 heteroatoms. The van der Waals surface area contributed by atoms with Crippen LogP contribution in [-0.4, -0.2) is 55.2 Å². The lowest BCUT2D eigenvalue weighted by Gasteiger charge is -2.39. The fourth-order valence-electron chi connectivity index (χ4n) is 3.11. The van der Waals surface area contributed by atoms with Crippen LogP contribution in [-0.2, 0) is 21.2 Å². The summed E-state index contributed by atoms with van der Waals surface area (Å²) in [4.78, 5) is 13.8. The van der Waals surface area contributed by atoms with Crippen LogP contribution in [0.1, 0.15) is 25.3 Å². The summed E-state index contributed by atoms with van der Waals surface area (Å²) in [5, 5.41) is 10.5. The van der Waals surface area contributed by atoms with Gasteiger partial charge in [0.15, 0.2) is 0 Å². The molecule has 24 heavy (non-hydrogen) atoms. The van der Waals surface area contributed by atoms with Gasteiger partial charge in [-0.15, -0.1) is 0 Å². The average molecular weight is 355 g/mol. The van der Waals surface area contributed by atoms with E-state index in [1.807, 2.05) is 30.3 Å². The predicted octanol–water partition coefficient (Wildman–Crippen LogP) is 1.83. The number of hydrogen-bond donors (Lipinski definition) is 1. The van der Waals surface area contributed by atoms with E-state index in [9.17, 15) is 18.3 Å². The fraction of sp³-hybridized carbons (Fsp3) is 0.588. The molecule has 134 valence electrons. The first-order valence-electron chi connectivity index (χ1n) is 8.03. The first-order valence-corrected chi connectivity index (χ1v) is 10.1. The summed E-state index contributed by atoms with van der Waals surface area (Å²) < 4.78 is 28.3. The zero-order valence-corrected chi connectivity index (χ0v) is 15.0. The molecule has 0 aromatic heterocycles. The summed E-state index contributed by atoms with van der Waals surface area (Å²) in [5.41, 5.74) is -0.449. The van der Waals surface area contributed by atoms with Gasteiger partial charge in [-0.3, -0.25) is 0 Å². The van der Waals surface area contributed by atoms with E-state index in [4.69, 9.17) is 4.74 Å². The van der Waals surface area contributed by atoms with Crippen LogP contribution in [0.15, 0.2) is 30.3 Å². The highest BCUT2D eigenvalue weighted by Crippen LogP contribution is 2.28. The third kappa shape index (κ3) is 5.49. The Labute approximate surface area is 143 Å². The van der Waals surface area contributed by atoms with E-state index in [0.29, 0.717) is 25.9 Å². The minimum Gasteiger partial charge on any atom is -0.445 e. The average Bonchev–Trinajstić information content (AvgIpc) is 2.51.